The van der Waals surface area contributed by atoms with Crippen molar-refractivity contribution in [3.8, 4) is 6.07 Å². The topological polar surface area (TPSA) is 67.2 Å². The molecule has 4 nitrogen and oxygen atoms in total. The highest BCUT2D eigenvalue weighted by molar-refractivity contribution is 7.87. The highest BCUT2D eigenvalue weighted by atomic mass is 32.2. The monoisotopic (exact) mass is 345 g/mol. The summed E-state index contributed by atoms with van der Waals surface area (Å²) in [7, 11) is -5.68. The van der Waals surface area contributed by atoms with E-state index in [0.29, 0.717) is 18.4 Å². The molecule has 0 N–H and O–H groups in total. The molecule has 0 spiro atoms. The van der Waals surface area contributed by atoms with Crippen LogP contribution in [0.3, 0.4) is 0 Å². The van der Waals surface area contributed by atoms with Crippen LogP contribution in [-0.2, 0) is 20.7 Å². The number of alkyl halides is 3. The third kappa shape index (κ3) is 3.67. The van der Waals surface area contributed by atoms with E-state index in [4.69, 9.17) is 5.26 Å². The van der Waals surface area contributed by atoms with Crippen molar-refractivity contribution in [1.29, 1.82) is 5.26 Å². The number of rotatable bonds is 4. The summed E-state index contributed by atoms with van der Waals surface area (Å²) in [5.74, 6) is -0.197. The Labute approximate surface area is 132 Å². The minimum Gasteiger partial charge on any atom is -0.380 e. The summed E-state index contributed by atoms with van der Waals surface area (Å²) in [4.78, 5) is 0. The smallest absolute Gasteiger partial charge is 0.380 e. The van der Waals surface area contributed by atoms with E-state index in [9.17, 15) is 21.6 Å². The molecule has 0 aliphatic heterocycles. The maximum Gasteiger partial charge on any atom is 0.534 e. The fraction of sp³-hybridized carbons (Fsp3) is 0.400. The quantitative estimate of drug-likeness (QED) is 0.617. The molecule has 23 heavy (non-hydrogen) atoms. The van der Waals surface area contributed by atoms with Gasteiger partial charge in [0.15, 0.2) is 0 Å². The molecule has 124 valence electrons. The molecule has 0 fully saturated rings. The predicted molar refractivity (Wildman–Crippen MR) is 76.3 cm³/mol. The van der Waals surface area contributed by atoms with Gasteiger partial charge in [-0.05, 0) is 43.0 Å². The van der Waals surface area contributed by atoms with E-state index in [1.807, 2.05) is 6.07 Å². The molecule has 1 aliphatic carbocycles. The van der Waals surface area contributed by atoms with Gasteiger partial charge < -0.3 is 4.18 Å². The molecule has 1 aromatic rings. The molecule has 0 saturated heterocycles. The number of nitrogens with zero attached hydrogens (tertiary/aromatic N) is 1. The summed E-state index contributed by atoms with van der Waals surface area (Å²) >= 11 is 0. The van der Waals surface area contributed by atoms with Crippen LogP contribution in [-0.4, -0.2) is 13.9 Å². The third-order valence-electron chi connectivity index (χ3n) is 3.75. The fourth-order valence-electron chi connectivity index (χ4n) is 2.57. The van der Waals surface area contributed by atoms with E-state index in [1.54, 1.807) is 31.2 Å². The molecule has 0 saturated carbocycles. The Morgan fingerprint density at radius 2 is 2.09 bits per heavy atom. The van der Waals surface area contributed by atoms with Crippen molar-refractivity contribution in [3.05, 3.63) is 47.2 Å². The van der Waals surface area contributed by atoms with Crippen LogP contribution in [0.25, 0.3) is 0 Å². The van der Waals surface area contributed by atoms with E-state index in [2.05, 4.69) is 4.18 Å². The molecule has 0 bridgehead atoms. The average Bonchev–Trinajstić information content (AvgIpc) is 2.78. The second-order valence-electron chi connectivity index (χ2n) is 5.64. The van der Waals surface area contributed by atoms with Gasteiger partial charge in [0.25, 0.3) is 0 Å². The van der Waals surface area contributed by atoms with Gasteiger partial charge in [-0.2, -0.15) is 26.9 Å². The second-order valence-corrected chi connectivity index (χ2v) is 7.18. The molecule has 8 heteroatoms. The SMILES string of the molecule is CC1(Cc2cccc(C#N)c2)CCC=C1OS(=O)(=O)C(F)(F)F. The lowest BCUT2D eigenvalue weighted by atomic mass is 9.81. The summed E-state index contributed by atoms with van der Waals surface area (Å²) in [6.07, 6.45) is 2.54. The van der Waals surface area contributed by atoms with E-state index >= 15 is 0 Å². The van der Waals surface area contributed by atoms with Crippen molar-refractivity contribution in [2.75, 3.05) is 0 Å². The minimum absolute atomic E-state index is 0.197. The van der Waals surface area contributed by atoms with Crippen molar-refractivity contribution in [2.24, 2.45) is 5.41 Å². The standard InChI is InChI=1S/C15H14F3NO3S/c1-14(9-11-4-2-5-12(8-11)10-19)7-3-6-13(14)22-23(20,21)15(16,17)18/h2,4-6,8H,3,7,9H2,1H3. The van der Waals surface area contributed by atoms with Crippen LogP contribution >= 0.6 is 0 Å². The van der Waals surface area contributed by atoms with Gasteiger partial charge >= 0.3 is 15.6 Å². The first-order chi connectivity index (χ1) is 10.6. The molecule has 0 heterocycles. The normalized spacial score (nSPS) is 21.6. The van der Waals surface area contributed by atoms with Crippen molar-refractivity contribution < 1.29 is 25.8 Å². The highest BCUT2D eigenvalue weighted by Crippen LogP contribution is 2.44. The molecular formula is C15H14F3NO3S. The molecule has 1 unspecified atom stereocenters. The molecule has 0 radical (unpaired) electrons. The van der Waals surface area contributed by atoms with Gasteiger partial charge in [-0.25, -0.2) is 0 Å². The molecule has 0 aromatic heterocycles. The summed E-state index contributed by atoms with van der Waals surface area (Å²) in [6, 6.07) is 8.63. The Balaban J connectivity index is 2.24. The number of allylic oxidation sites excluding steroid dienone is 2. The van der Waals surface area contributed by atoms with Crippen molar-refractivity contribution in [3.63, 3.8) is 0 Å². The zero-order valence-electron chi connectivity index (χ0n) is 12.2. The summed E-state index contributed by atoms with van der Waals surface area (Å²) in [6.45, 7) is 1.65. The molecule has 0 amide bonds. The first kappa shape index (κ1) is 17.3. The van der Waals surface area contributed by atoms with E-state index < -0.39 is 21.0 Å². The zero-order chi connectivity index (χ0) is 17.3. The van der Waals surface area contributed by atoms with Crippen LogP contribution in [0.5, 0.6) is 0 Å². The summed E-state index contributed by atoms with van der Waals surface area (Å²) in [5.41, 5.74) is -5.17. The van der Waals surface area contributed by atoms with Crippen LogP contribution < -0.4 is 0 Å². The van der Waals surface area contributed by atoms with Crippen LogP contribution in [0.2, 0.25) is 0 Å². The predicted octanol–water partition coefficient (Wildman–Crippen LogP) is 3.65. The van der Waals surface area contributed by atoms with Gasteiger partial charge in [0, 0.05) is 5.41 Å². The van der Waals surface area contributed by atoms with E-state index in [-0.39, 0.29) is 12.2 Å². The molecule has 2 rings (SSSR count). The summed E-state index contributed by atoms with van der Waals surface area (Å²) in [5, 5.41) is 8.89. The van der Waals surface area contributed by atoms with Gasteiger partial charge in [-0.15, -0.1) is 0 Å². The maximum atomic E-state index is 12.5. The molecule has 1 aromatic carbocycles. The van der Waals surface area contributed by atoms with Crippen molar-refractivity contribution >= 4 is 10.1 Å². The van der Waals surface area contributed by atoms with Crippen molar-refractivity contribution in [1.82, 2.24) is 0 Å². The van der Waals surface area contributed by atoms with Crippen LogP contribution in [0.15, 0.2) is 36.1 Å². The van der Waals surface area contributed by atoms with Gasteiger partial charge in [0.05, 0.1) is 11.6 Å². The Morgan fingerprint density at radius 3 is 2.70 bits per heavy atom. The maximum absolute atomic E-state index is 12.5. The van der Waals surface area contributed by atoms with E-state index in [1.165, 1.54) is 6.08 Å². The molecule has 1 aliphatic rings. The van der Waals surface area contributed by atoms with Gasteiger partial charge in [-0.1, -0.05) is 19.1 Å². The van der Waals surface area contributed by atoms with Crippen LogP contribution in [0.1, 0.15) is 30.9 Å². The van der Waals surface area contributed by atoms with Gasteiger partial charge in [-0.3, -0.25) is 0 Å². The zero-order valence-corrected chi connectivity index (χ0v) is 13.0. The Bertz CT molecular complexity index is 778. The Morgan fingerprint density at radius 1 is 1.39 bits per heavy atom. The molecular weight excluding hydrogens is 331 g/mol. The number of hydrogen-bond donors (Lipinski definition) is 0. The fourth-order valence-corrected chi connectivity index (χ4v) is 3.17. The molecule has 1 atom stereocenters. The van der Waals surface area contributed by atoms with Gasteiger partial charge in [0.1, 0.15) is 5.76 Å². The average molecular weight is 345 g/mol. The third-order valence-corrected chi connectivity index (χ3v) is 4.72. The number of hydrogen-bond acceptors (Lipinski definition) is 4. The second kappa shape index (κ2) is 5.89. The lowest BCUT2D eigenvalue weighted by Gasteiger charge is -2.27. The summed E-state index contributed by atoms with van der Waals surface area (Å²) < 4.78 is 64.3. The Hall–Kier alpha value is -2.01. The van der Waals surface area contributed by atoms with Crippen LogP contribution in [0, 0.1) is 16.7 Å². The lowest BCUT2D eigenvalue weighted by Crippen LogP contribution is -2.29. The highest BCUT2D eigenvalue weighted by Gasteiger charge is 2.51. The first-order valence-corrected chi connectivity index (χ1v) is 8.19. The van der Waals surface area contributed by atoms with Crippen LogP contribution in [0.4, 0.5) is 13.2 Å². The number of halogens is 3. The minimum atomic E-state index is -5.68. The van der Waals surface area contributed by atoms with Gasteiger partial charge in [0.2, 0.25) is 0 Å². The Kier molecular flexibility index (Phi) is 4.44. The number of nitriles is 1. The lowest BCUT2D eigenvalue weighted by molar-refractivity contribution is -0.0531. The first-order valence-electron chi connectivity index (χ1n) is 6.78. The largest absolute Gasteiger partial charge is 0.534 e. The number of benzene rings is 1. The van der Waals surface area contributed by atoms with E-state index in [0.717, 1.165) is 5.56 Å². The van der Waals surface area contributed by atoms with Crippen molar-refractivity contribution in [2.45, 2.75) is 31.7 Å².